The van der Waals surface area contributed by atoms with Gasteiger partial charge in [0, 0.05) is 24.5 Å². The first-order valence-corrected chi connectivity index (χ1v) is 12.1. The number of carboxylic acid groups (broad SMARTS) is 1. The highest BCUT2D eigenvalue weighted by Gasteiger charge is 2.47. The molecule has 12 heteroatoms. The van der Waals surface area contributed by atoms with Crippen LogP contribution < -0.4 is 15.4 Å². The van der Waals surface area contributed by atoms with E-state index in [1.807, 2.05) is 18.2 Å². The highest BCUT2D eigenvalue weighted by molar-refractivity contribution is 6.07. The van der Waals surface area contributed by atoms with Crippen molar-refractivity contribution in [1.29, 1.82) is 5.26 Å². The summed E-state index contributed by atoms with van der Waals surface area (Å²) < 4.78 is 33.0. The highest BCUT2D eigenvalue weighted by atomic mass is 19.3. The maximum absolute atomic E-state index is 13.7. The molecule has 3 aromatic rings. The van der Waals surface area contributed by atoms with E-state index >= 15 is 0 Å². The van der Waals surface area contributed by atoms with Crippen LogP contribution in [0.25, 0.3) is 22.0 Å². The van der Waals surface area contributed by atoms with E-state index in [9.17, 15) is 23.2 Å². The van der Waals surface area contributed by atoms with Gasteiger partial charge < -0.3 is 25.4 Å². The molecule has 4 rings (SSSR count). The normalized spacial score (nSPS) is 15.9. The summed E-state index contributed by atoms with van der Waals surface area (Å²) in [5.41, 5.74) is 2.46. The molecule has 0 aliphatic carbocycles. The summed E-state index contributed by atoms with van der Waals surface area (Å²) in [6, 6.07) is 14.6. The number of alkyl halides is 2. The molecule has 0 saturated carbocycles. The molecule has 0 spiro atoms. The van der Waals surface area contributed by atoms with Gasteiger partial charge in [-0.25, -0.2) is 13.6 Å². The summed E-state index contributed by atoms with van der Waals surface area (Å²) in [4.78, 5) is 41.0. The number of nitriles is 1. The number of ether oxygens (including phenoxy) is 1. The lowest BCUT2D eigenvalue weighted by molar-refractivity contribution is -0.131. The van der Waals surface area contributed by atoms with Crippen LogP contribution in [0.2, 0.25) is 0 Å². The lowest BCUT2D eigenvalue weighted by Crippen LogP contribution is -2.43. The molecule has 2 heterocycles. The van der Waals surface area contributed by atoms with E-state index in [-0.39, 0.29) is 12.1 Å². The van der Waals surface area contributed by atoms with Gasteiger partial charge >= 0.3 is 6.09 Å². The zero-order valence-electron chi connectivity index (χ0n) is 20.7. The molecule has 1 aliphatic heterocycles. The van der Waals surface area contributed by atoms with Crippen molar-refractivity contribution in [1.82, 2.24) is 20.5 Å². The Hall–Kier alpha value is -4.79. The van der Waals surface area contributed by atoms with E-state index < -0.39 is 49.4 Å². The Bertz CT molecular complexity index is 1420. The quantitative estimate of drug-likeness (QED) is 0.355. The Morgan fingerprint density at radius 2 is 1.87 bits per heavy atom. The molecule has 1 fully saturated rings. The van der Waals surface area contributed by atoms with Gasteiger partial charge in [0.1, 0.15) is 11.8 Å². The van der Waals surface area contributed by atoms with E-state index in [1.165, 1.54) is 12.3 Å². The molecule has 1 aromatic heterocycles. The highest BCUT2D eigenvalue weighted by Crippen LogP contribution is 2.32. The molecule has 202 valence electrons. The number of nitrogens with zero attached hydrogens (tertiary/aromatic N) is 3. The summed E-state index contributed by atoms with van der Waals surface area (Å²) in [6.07, 6.45) is 0.176. The molecule has 3 N–H and O–H groups in total. The topological polar surface area (TPSA) is 145 Å². The third-order valence-electron chi connectivity index (χ3n) is 6.18. The number of likely N-dealkylation sites (tertiary alicyclic amines) is 1. The standard InChI is InChI=1S/C27H25F2N5O5/c28-27(29)13-19(14-30)34(16-27)24(35)15-33-25(36)21-8-10-31-23-7-4-18(12-22(21)23)17-2-5-20(6-3-17)39-11-1-9-32-26(37)38/h2-8,10,12,19,32H,1,9,11,13,15-16H2,(H,33,36)(H,37,38)/t19-/m0/s1. The molecule has 1 atom stereocenters. The first kappa shape index (κ1) is 27.3. The van der Waals surface area contributed by atoms with Crippen LogP contribution >= 0.6 is 0 Å². The molecular weight excluding hydrogens is 512 g/mol. The molecule has 1 aliphatic rings. The van der Waals surface area contributed by atoms with Crippen LogP contribution in [0.15, 0.2) is 54.7 Å². The van der Waals surface area contributed by atoms with Crippen LogP contribution in [0.5, 0.6) is 5.75 Å². The fourth-order valence-electron chi connectivity index (χ4n) is 4.27. The number of aromatic nitrogens is 1. The van der Waals surface area contributed by atoms with Crippen LogP contribution in [-0.4, -0.2) is 71.1 Å². The molecule has 1 saturated heterocycles. The van der Waals surface area contributed by atoms with Crippen molar-refractivity contribution in [3.63, 3.8) is 0 Å². The number of rotatable bonds is 9. The Morgan fingerprint density at radius 1 is 1.13 bits per heavy atom. The minimum atomic E-state index is -3.14. The fourth-order valence-corrected chi connectivity index (χ4v) is 4.27. The average Bonchev–Trinajstić information content (AvgIpc) is 3.25. The van der Waals surface area contributed by atoms with Crippen LogP contribution in [0.3, 0.4) is 0 Å². The first-order chi connectivity index (χ1) is 18.7. The van der Waals surface area contributed by atoms with E-state index in [4.69, 9.17) is 15.1 Å². The third-order valence-corrected chi connectivity index (χ3v) is 6.18. The van der Waals surface area contributed by atoms with Gasteiger partial charge in [-0.3, -0.25) is 14.6 Å². The second-order valence-corrected chi connectivity index (χ2v) is 8.96. The molecule has 3 amide bonds. The number of nitrogens with one attached hydrogen (secondary N) is 2. The van der Waals surface area contributed by atoms with Gasteiger partial charge in [0.15, 0.2) is 0 Å². The number of hydrogen-bond donors (Lipinski definition) is 3. The van der Waals surface area contributed by atoms with Gasteiger partial charge in [0.25, 0.3) is 11.8 Å². The van der Waals surface area contributed by atoms with Gasteiger partial charge in [-0.2, -0.15) is 5.26 Å². The monoisotopic (exact) mass is 537 g/mol. The maximum Gasteiger partial charge on any atom is 0.404 e. The summed E-state index contributed by atoms with van der Waals surface area (Å²) >= 11 is 0. The molecule has 39 heavy (non-hydrogen) atoms. The van der Waals surface area contributed by atoms with Crippen molar-refractivity contribution >= 4 is 28.8 Å². The average molecular weight is 538 g/mol. The lowest BCUT2D eigenvalue weighted by Gasteiger charge is -2.19. The number of pyridine rings is 1. The summed E-state index contributed by atoms with van der Waals surface area (Å²) in [7, 11) is 0. The number of fused-ring (bicyclic) bond motifs is 1. The van der Waals surface area contributed by atoms with E-state index in [0.717, 1.165) is 16.0 Å². The fraction of sp³-hybridized carbons (Fsp3) is 0.296. The summed E-state index contributed by atoms with van der Waals surface area (Å²) in [5.74, 6) is -3.85. The molecule has 0 bridgehead atoms. The number of amides is 3. The third kappa shape index (κ3) is 6.75. The Morgan fingerprint density at radius 3 is 2.59 bits per heavy atom. The maximum atomic E-state index is 13.7. The number of hydrogen-bond acceptors (Lipinski definition) is 6. The predicted octanol–water partition coefficient (Wildman–Crippen LogP) is 3.43. The zero-order valence-corrected chi connectivity index (χ0v) is 20.7. The van der Waals surface area contributed by atoms with Crippen LogP contribution in [0.4, 0.5) is 13.6 Å². The minimum Gasteiger partial charge on any atom is -0.494 e. The van der Waals surface area contributed by atoms with E-state index in [0.29, 0.717) is 29.7 Å². The van der Waals surface area contributed by atoms with Crippen molar-refractivity contribution < 1.29 is 33.0 Å². The number of carbonyl (C=O) groups excluding carboxylic acids is 2. The van der Waals surface area contributed by atoms with Crippen molar-refractivity contribution in [2.75, 3.05) is 26.2 Å². The van der Waals surface area contributed by atoms with Crippen molar-refractivity contribution in [2.45, 2.75) is 24.8 Å². The Labute approximate surface area is 222 Å². The first-order valence-electron chi connectivity index (χ1n) is 12.1. The van der Waals surface area contributed by atoms with Gasteiger partial charge in [-0.15, -0.1) is 0 Å². The van der Waals surface area contributed by atoms with Gasteiger partial charge in [0.05, 0.1) is 36.8 Å². The number of carbonyl (C=O) groups is 3. The van der Waals surface area contributed by atoms with Crippen LogP contribution in [-0.2, 0) is 4.79 Å². The molecule has 2 aromatic carbocycles. The largest absolute Gasteiger partial charge is 0.494 e. The van der Waals surface area contributed by atoms with Gasteiger partial charge in [0.2, 0.25) is 5.91 Å². The SMILES string of the molecule is N#C[C@@H]1CC(F)(F)CN1C(=O)CNC(=O)c1ccnc2ccc(-c3ccc(OCCCNC(=O)O)cc3)cc12. The summed E-state index contributed by atoms with van der Waals surface area (Å²) in [6.45, 7) is -0.742. The van der Waals surface area contributed by atoms with Crippen LogP contribution in [0, 0.1) is 11.3 Å². The zero-order chi connectivity index (χ0) is 28.0. The smallest absolute Gasteiger partial charge is 0.404 e. The minimum absolute atomic E-state index is 0.258. The molecule has 0 radical (unpaired) electrons. The second-order valence-electron chi connectivity index (χ2n) is 8.96. The van der Waals surface area contributed by atoms with Crippen molar-refractivity contribution in [2.24, 2.45) is 0 Å². The lowest BCUT2D eigenvalue weighted by atomic mass is 10.0. The summed E-state index contributed by atoms with van der Waals surface area (Å²) in [5, 5.41) is 23.0. The Kier molecular flexibility index (Phi) is 8.19. The van der Waals surface area contributed by atoms with Gasteiger partial charge in [-0.05, 0) is 47.9 Å². The molecular formula is C27H25F2N5O5. The van der Waals surface area contributed by atoms with Crippen molar-refractivity contribution in [3.05, 3.63) is 60.3 Å². The van der Waals surface area contributed by atoms with Gasteiger partial charge in [-0.1, -0.05) is 18.2 Å². The van der Waals surface area contributed by atoms with E-state index in [1.54, 1.807) is 30.3 Å². The number of benzene rings is 2. The van der Waals surface area contributed by atoms with Crippen LogP contribution in [0.1, 0.15) is 23.2 Å². The van der Waals surface area contributed by atoms with E-state index in [2.05, 4.69) is 15.6 Å². The van der Waals surface area contributed by atoms with Crippen molar-refractivity contribution in [3.8, 4) is 22.9 Å². The molecule has 0 unspecified atom stereocenters. The predicted molar refractivity (Wildman–Crippen MR) is 136 cm³/mol. The molecule has 10 nitrogen and oxygen atoms in total. The second kappa shape index (κ2) is 11.7. The Balaban J connectivity index is 1.43. The number of halogens is 2.